The van der Waals surface area contributed by atoms with E-state index in [1.807, 2.05) is 0 Å². The van der Waals surface area contributed by atoms with Crippen LogP contribution >= 0.6 is 0 Å². The minimum absolute atomic E-state index is 0.667. The van der Waals surface area contributed by atoms with Gasteiger partial charge in [0.05, 0.1) is 13.2 Å². The van der Waals surface area contributed by atoms with Crippen molar-refractivity contribution in [2.75, 3.05) is 13.2 Å². The molecule has 2 fully saturated rings. The van der Waals surface area contributed by atoms with Gasteiger partial charge >= 0.3 is 0 Å². The first-order chi connectivity index (χ1) is 10.8. The Morgan fingerprint density at radius 2 is 0.913 bits per heavy atom. The van der Waals surface area contributed by atoms with Gasteiger partial charge in [-0.15, -0.1) is 0 Å². The molecule has 0 aliphatic carbocycles. The van der Waals surface area contributed by atoms with Gasteiger partial charge < -0.3 is 55.1 Å². The van der Waals surface area contributed by atoms with Crippen molar-refractivity contribution in [1.82, 2.24) is 0 Å². The van der Waals surface area contributed by atoms with E-state index in [1.165, 1.54) is 0 Å². The van der Waals surface area contributed by atoms with Gasteiger partial charge in [0, 0.05) is 0 Å². The van der Waals surface area contributed by atoms with Crippen molar-refractivity contribution in [2.24, 2.45) is 0 Å². The molecule has 23 heavy (non-hydrogen) atoms. The number of rotatable bonds is 4. The molecule has 2 saturated heterocycles. The molecule has 0 spiro atoms. The molecule has 0 unspecified atom stereocenters. The molecule has 0 aromatic heterocycles. The van der Waals surface area contributed by atoms with Gasteiger partial charge in [0.2, 0.25) is 0 Å². The van der Waals surface area contributed by atoms with Crippen molar-refractivity contribution in [1.29, 1.82) is 0 Å². The van der Waals surface area contributed by atoms with Gasteiger partial charge in [-0.2, -0.15) is 0 Å². The lowest BCUT2D eigenvalue weighted by molar-refractivity contribution is -0.376. The minimum Gasteiger partial charge on any atom is -0.394 e. The number of aliphatic hydroxyl groups is 8. The average molecular weight is 354 g/mol. The number of hydrogen-bond acceptors (Lipinski definition) is 11. The fourth-order valence-corrected chi connectivity index (χ4v) is 2.49. The van der Waals surface area contributed by atoms with Crippen molar-refractivity contribution >= 4 is 0 Å². The third-order valence-electron chi connectivity index (χ3n) is 3.97. The van der Waals surface area contributed by atoms with E-state index in [0.717, 1.165) is 0 Å². The largest absolute Gasteiger partial charge is 0.394 e. The predicted molar refractivity (Wildman–Crippen MR) is 68.6 cm³/mol. The summed E-state index contributed by atoms with van der Waals surface area (Å²) in [6.07, 6.45) is -15.6. The molecule has 11 heteroatoms. The van der Waals surface area contributed by atoms with Gasteiger partial charge in [-0.05, 0) is 0 Å². The highest BCUT2D eigenvalue weighted by Crippen LogP contribution is 2.27. The van der Waals surface area contributed by atoms with E-state index >= 15 is 0 Å². The predicted octanol–water partition coefficient (Wildman–Crippen LogP) is -5.40. The zero-order chi connectivity index (χ0) is 17.3. The van der Waals surface area contributed by atoms with E-state index in [4.69, 9.17) is 24.4 Å². The van der Waals surface area contributed by atoms with E-state index in [2.05, 4.69) is 0 Å². The van der Waals surface area contributed by atoms with Gasteiger partial charge in [-0.1, -0.05) is 0 Å². The Labute approximate surface area is 130 Å². The molecule has 136 valence electrons. The molecular weight excluding hydrogens is 332 g/mol. The number of ether oxygens (including phenoxy) is 3. The second-order valence-corrected chi connectivity index (χ2v) is 5.53. The summed E-state index contributed by atoms with van der Waals surface area (Å²) < 4.78 is 15.3. The lowest BCUT2D eigenvalue weighted by Gasteiger charge is -2.44. The van der Waals surface area contributed by atoms with Crippen LogP contribution in [0.25, 0.3) is 0 Å². The minimum atomic E-state index is -1.72. The highest BCUT2D eigenvalue weighted by Gasteiger charge is 2.49. The van der Waals surface area contributed by atoms with Crippen molar-refractivity contribution in [3.05, 3.63) is 0 Å². The molecule has 0 saturated carbocycles. The summed E-state index contributed by atoms with van der Waals surface area (Å²) in [5.41, 5.74) is 0. The van der Waals surface area contributed by atoms with Gasteiger partial charge in [0.1, 0.15) is 48.8 Å². The van der Waals surface area contributed by atoms with E-state index in [9.17, 15) is 30.6 Å². The second kappa shape index (κ2) is 7.63. The maximum Gasteiger partial charge on any atom is 0.189 e. The maximum absolute atomic E-state index is 9.84. The van der Waals surface area contributed by atoms with E-state index in [1.54, 1.807) is 0 Å². The van der Waals surface area contributed by atoms with Crippen LogP contribution < -0.4 is 0 Å². The van der Waals surface area contributed by atoms with Gasteiger partial charge in [-0.25, -0.2) is 0 Å². The fraction of sp³-hybridized carbons (Fsp3) is 1.00. The first kappa shape index (κ1) is 18.9. The molecular formula is C12H22O11. The standard InChI is InChI=1S/C12H22O11/c13-1-3-5(15)7(17)9(19)11(21-3)23-12-10(20)8(18)6(16)4(2-14)22-12/h3-20H,1-2H2/t3-,4-,5-,6-,7+,8+,9-,10-,11-,12+/m1/s1/i1+1,2+1,3+1,4+1,5+1,6+1,7+1,8+1,9+1,10+1,11+1,12+1. The second-order valence-electron chi connectivity index (χ2n) is 5.53. The molecule has 0 amide bonds. The van der Waals surface area contributed by atoms with Crippen LogP contribution in [0.4, 0.5) is 0 Å². The Bertz CT molecular complexity index is 344. The molecule has 10 atom stereocenters. The summed E-state index contributed by atoms with van der Waals surface area (Å²) in [6, 6.07) is 0. The molecule has 0 bridgehead atoms. The Kier molecular flexibility index (Phi) is 6.27. The SMILES string of the molecule is O[13CH2][13C@H]1O[13C@@H](O[13C@H]2O[13C@H]([13CH2]O)[13C@@H](O)[13C@H](O)[13C@H]2O)[13C@H](O)[13C@@H](O)[13C@@H]1O. The maximum atomic E-state index is 9.84. The zero-order valence-corrected chi connectivity index (χ0v) is 12.0. The summed E-state index contributed by atoms with van der Waals surface area (Å²) in [5.74, 6) is 0. The Balaban J connectivity index is 2.07. The normalized spacial score (nSPS) is 51.7. The molecule has 0 radical (unpaired) electrons. The first-order valence-electron chi connectivity index (χ1n) is 7.08. The molecule has 0 aromatic carbocycles. The van der Waals surface area contributed by atoms with Crippen LogP contribution in [0.2, 0.25) is 0 Å². The lowest BCUT2D eigenvalue weighted by atomic mass is 10.9. The van der Waals surface area contributed by atoms with Gasteiger partial charge in [0.25, 0.3) is 0 Å². The van der Waals surface area contributed by atoms with Gasteiger partial charge in [0.15, 0.2) is 12.6 Å². The molecule has 2 heterocycles. The van der Waals surface area contributed by atoms with E-state index < -0.39 is 74.6 Å². The lowest BCUT2D eigenvalue weighted by Crippen LogP contribution is -2.63. The number of hydrogen-bond donors (Lipinski definition) is 8. The van der Waals surface area contributed by atoms with Crippen molar-refractivity contribution in [3.8, 4) is 0 Å². The molecule has 2 rings (SSSR count). The summed E-state index contributed by atoms with van der Waals surface area (Å²) >= 11 is 0. The Morgan fingerprint density at radius 1 is 0.565 bits per heavy atom. The van der Waals surface area contributed by atoms with Crippen molar-refractivity contribution in [2.45, 2.75) is 61.4 Å². The molecule has 11 nitrogen and oxygen atoms in total. The summed E-state index contributed by atoms with van der Waals surface area (Å²) in [7, 11) is 0. The Morgan fingerprint density at radius 3 is 1.22 bits per heavy atom. The van der Waals surface area contributed by atoms with Crippen LogP contribution in [0.15, 0.2) is 0 Å². The third-order valence-corrected chi connectivity index (χ3v) is 3.97. The summed E-state index contributed by atoms with van der Waals surface area (Å²) in [4.78, 5) is 0. The van der Waals surface area contributed by atoms with Crippen LogP contribution in [-0.4, -0.2) is 115 Å². The molecule has 2 aliphatic rings. The van der Waals surface area contributed by atoms with Crippen LogP contribution in [0.3, 0.4) is 0 Å². The van der Waals surface area contributed by atoms with E-state index in [0.29, 0.717) is 0 Å². The van der Waals surface area contributed by atoms with Crippen LogP contribution in [0.5, 0.6) is 0 Å². The first-order valence-corrected chi connectivity index (χ1v) is 7.08. The summed E-state index contributed by atoms with van der Waals surface area (Å²) in [5, 5.41) is 76.4. The molecule has 8 N–H and O–H groups in total. The van der Waals surface area contributed by atoms with Crippen LogP contribution in [0.1, 0.15) is 0 Å². The van der Waals surface area contributed by atoms with Crippen molar-refractivity contribution in [3.63, 3.8) is 0 Å². The van der Waals surface area contributed by atoms with Crippen LogP contribution in [-0.2, 0) is 14.2 Å². The van der Waals surface area contributed by atoms with E-state index in [-0.39, 0.29) is 0 Å². The third kappa shape index (κ3) is 3.65. The van der Waals surface area contributed by atoms with Crippen LogP contribution in [0, 0.1) is 0 Å². The fourth-order valence-electron chi connectivity index (χ4n) is 2.49. The topological polar surface area (TPSA) is 190 Å². The quantitative estimate of drug-likeness (QED) is 0.225. The average Bonchev–Trinajstić information content (AvgIpc) is 2.55. The number of aliphatic hydroxyl groups excluding tert-OH is 8. The van der Waals surface area contributed by atoms with Gasteiger partial charge in [-0.3, -0.25) is 0 Å². The smallest absolute Gasteiger partial charge is 0.189 e. The zero-order valence-electron chi connectivity index (χ0n) is 12.0. The highest BCUT2D eigenvalue weighted by atomic mass is 17.0. The van der Waals surface area contributed by atoms with Crippen molar-refractivity contribution < 1.29 is 55.1 Å². The monoisotopic (exact) mass is 354 g/mol. The summed E-state index contributed by atoms with van der Waals surface area (Å²) in [6.45, 7) is -1.33. The molecule has 2 aliphatic heterocycles. The Hall–Kier alpha value is -0.440. The molecule has 0 aromatic rings. The highest BCUT2D eigenvalue weighted by molar-refractivity contribution is 4.92.